The van der Waals surface area contributed by atoms with Gasteiger partial charge in [0.1, 0.15) is 11.3 Å². The van der Waals surface area contributed by atoms with Gasteiger partial charge in [-0.25, -0.2) is 9.37 Å². The predicted octanol–water partition coefficient (Wildman–Crippen LogP) is 3.28. The van der Waals surface area contributed by atoms with Gasteiger partial charge in [-0.05, 0) is 31.4 Å². The van der Waals surface area contributed by atoms with Crippen molar-refractivity contribution in [2.75, 3.05) is 0 Å². The van der Waals surface area contributed by atoms with Crippen molar-refractivity contribution in [3.8, 4) is 0 Å². The van der Waals surface area contributed by atoms with Crippen molar-refractivity contribution in [3.05, 3.63) is 29.3 Å². The molecule has 78 valence electrons. The summed E-state index contributed by atoms with van der Waals surface area (Å²) in [4.78, 5) is 7.58. The summed E-state index contributed by atoms with van der Waals surface area (Å²) >= 11 is 0. The topological polar surface area (TPSA) is 28.7 Å². The van der Waals surface area contributed by atoms with E-state index in [0.29, 0.717) is 17.0 Å². The molecule has 1 aromatic heterocycles. The van der Waals surface area contributed by atoms with Crippen LogP contribution in [-0.4, -0.2) is 9.97 Å². The summed E-state index contributed by atoms with van der Waals surface area (Å²) in [5.74, 6) is 1.30. The van der Waals surface area contributed by atoms with Crippen LogP contribution >= 0.6 is 0 Å². The molecule has 0 spiro atoms. The number of halogens is 1. The third kappa shape index (κ3) is 1.26. The minimum absolute atomic E-state index is 0.186. The third-order valence-electron chi connectivity index (χ3n) is 3.30. The van der Waals surface area contributed by atoms with Crippen LogP contribution in [-0.2, 0) is 0 Å². The van der Waals surface area contributed by atoms with Crippen molar-refractivity contribution in [3.63, 3.8) is 0 Å². The summed E-state index contributed by atoms with van der Waals surface area (Å²) in [5.41, 5.74) is 1.98. The zero-order valence-corrected chi connectivity index (χ0v) is 8.68. The molecule has 0 amide bonds. The lowest BCUT2D eigenvalue weighted by atomic mass is 9.85. The first-order valence-corrected chi connectivity index (χ1v) is 5.40. The van der Waals surface area contributed by atoms with Gasteiger partial charge in [-0.15, -0.1) is 0 Å². The van der Waals surface area contributed by atoms with Crippen molar-refractivity contribution >= 4 is 11.0 Å². The lowest BCUT2D eigenvalue weighted by Gasteiger charge is -2.22. The van der Waals surface area contributed by atoms with Gasteiger partial charge in [0.25, 0.3) is 0 Å². The maximum absolute atomic E-state index is 13.7. The Kier molecular flexibility index (Phi) is 1.81. The number of fused-ring (bicyclic) bond motifs is 1. The summed E-state index contributed by atoms with van der Waals surface area (Å²) < 4.78 is 13.7. The maximum atomic E-state index is 13.7. The second-order valence-corrected chi connectivity index (χ2v) is 4.34. The third-order valence-corrected chi connectivity index (χ3v) is 3.30. The largest absolute Gasteiger partial charge is 0.342 e. The van der Waals surface area contributed by atoms with Crippen LogP contribution in [0.15, 0.2) is 12.1 Å². The molecule has 1 aliphatic carbocycles. The van der Waals surface area contributed by atoms with Crippen LogP contribution < -0.4 is 0 Å². The highest BCUT2D eigenvalue weighted by atomic mass is 19.1. The maximum Gasteiger partial charge on any atom is 0.153 e. The molecule has 1 N–H and O–H groups in total. The number of rotatable bonds is 1. The lowest BCUT2D eigenvalue weighted by Crippen LogP contribution is -2.10. The molecule has 1 fully saturated rings. The van der Waals surface area contributed by atoms with Gasteiger partial charge in [-0.3, -0.25) is 0 Å². The van der Waals surface area contributed by atoms with E-state index in [1.54, 1.807) is 13.0 Å². The predicted molar refractivity (Wildman–Crippen MR) is 57.4 cm³/mol. The van der Waals surface area contributed by atoms with E-state index < -0.39 is 0 Å². The fraction of sp³-hybridized carbons (Fsp3) is 0.417. The highest BCUT2D eigenvalue weighted by Crippen LogP contribution is 2.35. The number of nitrogens with zero attached hydrogens (tertiary/aromatic N) is 1. The molecule has 15 heavy (non-hydrogen) atoms. The second-order valence-electron chi connectivity index (χ2n) is 4.34. The molecule has 2 nitrogen and oxygen atoms in total. The number of hydrogen-bond donors (Lipinski definition) is 1. The first-order chi connectivity index (χ1) is 7.25. The van der Waals surface area contributed by atoms with Gasteiger partial charge >= 0.3 is 0 Å². The molecule has 0 aliphatic heterocycles. The summed E-state index contributed by atoms with van der Waals surface area (Å²) in [6.07, 6.45) is 3.63. The van der Waals surface area contributed by atoms with Crippen LogP contribution in [0.25, 0.3) is 11.0 Å². The number of hydrogen-bond acceptors (Lipinski definition) is 1. The van der Waals surface area contributed by atoms with Crippen LogP contribution in [0.4, 0.5) is 4.39 Å². The summed E-state index contributed by atoms with van der Waals surface area (Å²) in [7, 11) is 0. The Labute approximate surface area is 87.5 Å². The van der Waals surface area contributed by atoms with Gasteiger partial charge in [-0.1, -0.05) is 12.5 Å². The number of nitrogens with one attached hydrogen (secondary N) is 1. The zero-order chi connectivity index (χ0) is 10.4. The van der Waals surface area contributed by atoms with Crippen LogP contribution in [0, 0.1) is 12.7 Å². The van der Waals surface area contributed by atoms with E-state index in [0.717, 1.165) is 11.3 Å². The average molecular weight is 204 g/mol. The number of aryl methyl sites for hydroxylation is 1. The molecule has 1 heterocycles. The quantitative estimate of drug-likeness (QED) is 0.758. The minimum Gasteiger partial charge on any atom is -0.342 e. The van der Waals surface area contributed by atoms with Crippen molar-refractivity contribution in [1.82, 2.24) is 9.97 Å². The molecule has 0 atom stereocenters. The summed E-state index contributed by atoms with van der Waals surface area (Å²) in [6.45, 7) is 1.77. The molecule has 2 aromatic rings. The first kappa shape index (κ1) is 8.89. The van der Waals surface area contributed by atoms with Gasteiger partial charge in [-0.2, -0.15) is 0 Å². The number of imidazole rings is 1. The van der Waals surface area contributed by atoms with Gasteiger partial charge in [0, 0.05) is 5.92 Å². The van der Waals surface area contributed by atoms with E-state index >= 15 is 0 Å². The average Bonchev–Trinajstić information content (AvgIpc) is 2.53. The van der Waals surface area contributed by atoms with Crippen molar-refractivity contribution < 1.29 is 4.39 Å². The molecule has 1 saturated carbocycles. The molecule has 0 unspecified atom stereocenters. The lowest BCUT2D eigenvalue weighted by molar-refractivity contribution is 0.404. The Morgan fingerprint density at radius 1 is 1.40 bits per heavy atom. The highest BCUT2D eigenvalue weighted by Gasteiger charge is 2.23. The minimum atomic E-state index is -0.186. The van der Waals surface area contributed by atoms with Gasteiger partial charge in [0.15, 0.2) is 5.82 Å². The van der Waals surface area contributed by atoms with Gasteiger partial charge < -0.3 is 4.98 Å². The molecule has 1 aromatic carbocycles. The number of benzene rings is 1. The second kappa shape index (κ2) is 3.05. The molecular formula is C12H13FN2. The van der Waals surface area contributed by atoms with E-state index in [2.05, 4.69) is 9.97 Å². The monoisotopic (exact) mass is 204 g/mol. The molecular weight excluding hydrogens is 191 g/mol. The molecule has 3 heteroatoms. The molecule has 0 radical (unpaired) electrons. The first-order valence-electron chi connectivity index (χ1n) is 5.40. The Morgan fingerprint density at radius 2 is 2.20 bits per heavy atom. The Morgan fingerprint density at radius 3 is 2.87 bits per heavy atom. The fourth-order valence-corrected chi connectivity index (χ4v) is 2.04. The Balaban J connectivity index is 2.16. The normalized spacial score (nSPS) is 16.9. The molecule has 0 bridgehead atoms. The molecule has 1 aliphatic rings. The van der Waals surface area contributed by atoms with Gasteiger partial charge in [0.05, 0.1) is 5.52 Å². The summed E-state index contributed by atoms with van der Waals surface area (Å²) in [6, 6.07) is 3.70. The standard InChI is InChI=1S/C12H13FN2/c1-7-5-6-9-11(10(7)13)15-12(14-9)8-3-2-4-8/h5-6,8H,2-4H2,1H3,(H,14,15). The van der Waals surface area contributed by atoms with E-state index in [9.17, 15) is 4.39 Å². The number of aromatic amines is 1. The van der Waals surface area contributed by atoms with Crippen LogP contribution in [0.3, 0.4) is 0 Å². The Hall–Kier alpha value is -1.38. The van der Waals surface area contributed by atoms with E-state index in [4.69, 9.17) is 0 Å². The van der Waals surface area contributed by atoms with Crippen LogP contribution in [0.1, 0.15) is 36.6 Å². The molecule has 0 saturated heterocycles. The van der Waals surface area contributed by atoms with E-state index in [-0.39, 0.29) is 5.82 Å². The highest BCUT2D eigenvalue weighted by molar-refractivity contribution is 5.76. The summed E-state index contributed by atoms with van der Waals surface area (Å²) in [5, 5.41) is 0. The SMILES string of the molecule is Cc1ccc2[nH]c(C3CCC3)nc2c1F. The van der Waals surface area contributed by atoms with Crippen LogP contribution in [0.2, 0.25) is 0 Å². The smallest absolute Gasteiger partial charge is 0.153 e. The molecule has 3 rings (SSSR count). The van der Waals surface area contributed by atoms with Gasteiger partial charge in [0.2, 0.25) is 0 Å². The fourth-order valence-electron chi connectivity index (χ4n) is 2.04. The van der Waals surface area contributed by atoms with E-state index in [1.165, 1.54) is 19.3 Å². The van der Waals surface area contributed by atoms with Crippen molar-refractivity contribution in [2.45, 2.75) is 32.1 Å². The number of H-pyrrole nitrogens is 1. The Bertz CT molecular complexity index is 512. The van der Waals surface area contributed by atoms with Crippen LogP contribution in [0.5, 0.6) is 0 Å². The zero-order valence-electron chi connectivity index (χ0n) is 8.68. The van der Waals surface area contributed by atoms with Crippen molar-refractivity contribution in [2.24, 2.45) is 0 Å². The van der Waals surface area contributed by atoms with E-state index in [1.807, 2.05) is 6.07 Å². The number of aromatic nitrogens is 2. The van der Waals surface area contributed by atoms with Crippen molar-refractivity contribution in [1.29, 1.82) is 0 Å².